The molecule has 2 aliphatic heterocycles. The minimum atomic E-state index is -2.39. The van der Waals surface area contributed by atoms with Crippen molar-refractivity contribution in [3.05, 3.63) is 136 Å². The molecule has 4 aromatic rings. The van der Waals surface area contributed by atoms with Crippen LogP contribution < -0.4 is 16.7 Å². The molecule has 3 heterocycles. The Morgan fingerprint density at radius 3 is 2.01 bits per heavy atom. The zero-order chi connectivity index (χ0) is 57.5. The number of esters is 4. The molecule has 1 aromatic heterocycles. The van der Waals surface area contributed by atoms with Gasteiger partial charge in [0.1, 0.15) is 48.6 Å². The fraction of sp³-hybridized carbons (Fsp3) is 0.473. The number of aliphatic hydroxyl groups excluding tert-OH is 5. The van der Waals surface area contributed by atoms with Crippen molar-refractivity contribution in [2.24, 2.45) is 16.7 Å². The number of amides is 1. The zero-order valence-electron chi connectivity index (χ0n) is 43.9. The van der Waals surface area contributed by atoms with E-state index in [4.69, 9.17) is 39.3 Å². The van der Waals surface area contributed by atoms with Crippen molar-refractivity contribution in [2.45, 2.75) is 133 Å². The third-order valence-electron chi connectivity index (χ3n) is 16.0. The molecule has 79 heavy (non-hydrogen) atoms. The van der Waals surface area contributed by atoms with Crippen molar-refractivity contribution >= 4 is 41.5 Å². The van der Waals surface area contributed by atoms with Gasteiger partial charge < -0.3 is 70.1 Å². The zero-order valence-corrected chi connectivity index (χ0v) is 43.9. The molecule has 3 aromatic carbocycles. The van der Waals surface area contributed by atoms with Crippen LogP contribution in [0, 0.1) is 16.7 Å². The quantitative estimate of drug-likeness (QED) is 0.0546. The Labute approximate surface area is 452 Å². The number of ketones is 1. The van der Waals surface area contributed by atoms with Crippen LogP contribution in [0.25, 0.3) is 0 Å². The van der Waals surface area contributed by atoms with Gasteiger partial charge in [-0.2, -0.15) is 4.98 Å². The van der Waals surface area contributed by atoms with Gasteiger partial charge in [0.25, 0.3) is 5.91 Å². The molecule has 422 valence electrons. The molecule has 4 fully saturated rings. The molecule has 2 saturated carbocycles. The second-order valence-electron chi connectivity index (χ2n) is 21.0. The van der Waals surface area contributed by atoms with Gasteiger partial charge in [-0.1, -0.05) is 80.6 Å². The first-order valence-electron chi connectivity index (χ1n) is 25.3. The van der Waals surface area contributed by atoms with Gasteiger partial charge in [-0.3, -0.25) is 23.7 Å². The number of ether oxygens (including phenoxy) is 6. The number of nitrogens with two attached hydrogens (primary N) is 1. The molecule has 9 rings (SSSR count). The Hall–Kier alpha value is -7.29. The second kappa shape index (κ2) is 22.5. The number of nitrogens with zero attached hydrogens (tertiary/aromatic N) is 3. The maximum atomic E-state index is 15.5. The number of nitrogens with one attached hydrogen (secondary N) is 1. The van der Waals surface area contributed by atoms with Crippen molar-refractivity contribution < 1.29 is 87.8 Å². The van der Waals surface area contributed by atoms with Crippen LogP contribution in [-0.4, -0.2) is 160 Å². The van der Waals surface area contributed by atoms with Gasteiger partial charge in [-0.05, 0) is 54.8 Å². The van der Waals surface area contributed by atoms with Crippen molar-refractivity contribution in [3.63, 3.8) is 0 Å². The third-order valence-corrected chi connectivity index (χ3v) is 16.0. The maximum Gasteiger partial charge on any atom is 0.354 e. The van der Waals surface area contributed by atoms with Gasteiger partial charge in [-0.15, -0.1) is 0 Å². The Bertz CT molecular complexity index is 3050. The van der Waals surface area contributed by atoms with Crippen LogP contribution in [0.2, 0.25) is 0 Å². The summed E-state index contributed by atoms with van der Waals surface area (Å²) < 4.78 is 36.3. The van der Waals surface area contributed by atoms with Gasteiger partial charge in [0, 0.05) is 37.7 Å². The molecule has 24 nitrogen and oxygen atoms in total. The normalized spacial score (nSPS) is 32.1. The number of benzene rings is 3. The van der Waals surface area contributed by atoms with E-state index < -0.39 is 149 Å². The highest BCUT2D eigenvalue weighted by Crippen LogP contribution is 2.64. The summed E-state index contributed by atoms with van der Waals surface area (Å²) >= 11 is 0. The number of hydrogen-bond acceptors (Lipinski definition) is 22. The summed E-state index contributed by atoms with van der Waals surface area (Å²) in [5.41, 5.74) is -2.56. The number of rotatable bonds is 12. The second-order valence-corrected chi connectivity index (χ2v) is 21.0. The molecular weight excluding hydrogens is 1030 g/mol. The van der Waals surface area contributed by atoms with Crippen molar-refractivity contribution in [1.82, 2.24) is 19.9 Å². The minimum Gasteiger partial charge on any atom is -0.456 e. The molecular formula is C55H63N5O19. The van der Waals surface area contributed by atoms with E-state index in [1.807, 2.05) is 0 Å². The van der Waals surface area contributed by atoms with E-state index in [1.54, 1.807) is 92.7 Å². The number of fused-ring (bicyclic) bond motifs is 5. The summed E-state index contributed by atoms with van der Waals surface area (Å²) in [5, 5.41) is 68.3. The number of anilines is 1. The van der Waals surface area contributed by atoms with E-state index >= 15 is 4.79 Å². The van der Waals surface area contributed by atoms with E-state index in [0.717, 1.165) is 24.7 Å². The molecule has 2 saturated heterocycles. The molecule has 1 amide bonds. The molecule has 2 bridgehead atoms. The Balaban J connectivity index is 0.000000410. The van der Waals surface area contributed by atoms with E-state index in [2.05, 4.69) is 15.3 Å². The van der Waals surface area contributed by atoms with Crippen LogP contribution in [0.5, 0.6) is 0 Å². The average molecular weight is 1100 g/mol. The first kappa shape index (κ1) is 57.9. The predicted molar refractivity (Wildman–Crippen MR) is 271 cm³/mol. The van der Waals surface area contributed by atoms with Crippen LogP contribution in [-0.2, 0) is 47.6 Å². The van der Waals surface area contributed by atoms with Gasteiger partial charge in [0.2, 0.25) is 5.95 Å². The molecule has 15 atom stereocenters. The Kier molecular flexibility index (Phi) is 16.4. The SMILES string of the molecule is CC(=O)O[C@H]1C(=O)[C@@]2(C)[C@H]([C@H](OC(=O)c3ccccc3)[C@]3(O)C[C@H](OC(=O)[C@H](O)[C@@H](NC(=O)c4ccccc4)c4ccccc4)C(C)=C1C3(C)C)[C@]1(OC(C)=O)CO[C@@H]1C[C@@H]2O.Nc1ncn([C@@H]2O[C@H](CO)[C@@H](O)[C@H]2O)c(=O)n1. The van der Waals surface area contributed by atoms with Crippen molar-refractivity contribution in [1.29, 1.82) is 0 Å². The largest absolute Gasteiger partial charge is 0.456 e. The summed E-state index contributed by atoms with van der Waals surface area (Å²) in [4.78, 5) is 102. The van der Waals surface area contributed by atoms with E-state index in [9.17, 15) is 54.3 Å². The molecule has 3 aliphatic carbocycles. The Morgan fingerprint density at radius 1 is 0.861 bits per heavy atom. The molecule has 24 heteroatoms. The van der Waals surface area contributed by atoms with E-state index in [0.29, 0.717) is 5.56 Å². The van der Waals surface area contributed by atoms with E-state index in [-0.39, 0.29) is 41.2 Å². The maximum absolute atomic E-state index is 15.5. The van der Waals surface area contributed by atoms with Gasteiger partial charge in [-0.25, -0.2) is 19.4 Å². The first-order valence-corrected chi connectivity index (χ1v) is 25.3. The highest BCUT2D eigenvalue weighted by Gasteiger charge is 2.78. The van der Waals surface area contributed by atoms with Crippen molar-refractivity contribution in [3.8, 4) is 0 Å². The lowest BCUT2D eigenvalue weighted by molar-refractivity contribution is -0.346. The summed E-state index contributed by atoms with van der Waals surface area (Å²) in [5.74, 6) is -7.04. The standard InChI is InChI=1S/C47H51NO14.C8H12N4O5/c1-25-31(60-43(56)36(52)35(28-16-10-7-11-17-28)48-41(54)29-18-12-8-13-19-29)23-47(57)40(61-42(55)30-20-14-9-15-21-30)38-45(6,32(51)22-33-46(38,24-58-33)62-27(3)50)39(53)37(59-26(2)49)34(25)44(47,4)5;9-7-10-2-12(8(16)11-7)6-5(15)4(14)3(1-13)17-6/h7-21,31-33,35-38,40,51-52,57H,22-24H2,1-6H3,(H,48,54);2-6,13-15H,1H2,(H2,9,11,16)/t31-,32-,33+,35-,36+,37+,38-,40-,45+,46-,47+;3-,4-,5-,6-/m01/s1. The van der Waals surface area contributed by atoms with Crippen LogP contribution in [0.1, 0.15) is 92.9 Å². The highest BCUT2D eigenvalue weighted by molar-refractivity contribution is 5.96. The number of Topliss-reactive ketones (excluding diaryl/α,β-unsaturated/α-hetero) is 1. The number of hydrogen-bond donors (Lipinski definition) is 8. The summed E-state index contributed by atoms with van der Waals surface area (Å²) in [6.07, 6.45) is -14.2. The number of carbonyl (C=O) groups excluding carboxylic acids is 6. The molecule has 0 unspecified atom stereocenters. The fourth-order valence-electron chi connectivity index (χ4n) is 11.8. The van der Waals surface area contributed by atoms with Crippen molar-refractivity contribution in [2.75, 3.05) is 18.9 Å². The monoisotopic (exact) mass is 1100 g/mol. The number of aromatic nitrogens is 3. The van der Waals surface area contributed by atoms with Crippen LogP contribution in [0.4, 0.5) is 5.95 Å². The topological polar surface area (TPSA) is 365 Å². The number of nitrogen functional groups attached to an aromatic ring is 1. The number of aliphatic hydroxyl groups is 6. The predicted octanol–water partition coefficient (Wildman–Crippen LogP) is 0.568. The average Bonchev–Trinajstić information content (AvgIpc) is 2.85. The van der Waals surface area contributed by atoms with Crippen LogP contribution in [0.15, 0.2) is 113 Å². The lowest BCUT2D eigenvalue weighted by Crippen LogP contribution is -2.82. The molecule has 0 radical (unpaired) electrons. The van der Waals surface area contributed by atoms with E-state index in [1.165, 1.54) is 26.0 Å². The number of carbonyl (C=O) groups is 6. The minimum absolute atomic E-state index is 0.00289. The fourth-order valence-corrected chi connectivity index (χ4v) is 11.8. The summed E-state index contributed by atoms with van der Waals surface area (Å²) in [7, 11) is 0. The van der Waals surface area contributed by atoms with Gasteiger partial charge >= 0.3 is 29.6 Å². The lowest BCUT2D eigenvalue weighted by Gasteiger charge is -2.67. The lowest BCUT2D eigenvalue weighted by atomic mass is 9.44. The van der Waals surface area contributed by atoms with Gasteiger partial charge in [0.15, 0.2) is 29.8 Å². The highest BCUT2D eigenvalue weighted by atomic mass is 16.6. The summed E-state index contributed by atoms with van der Waals surface area (Å²) in [6, 6.07) is 22.9. The van der Waals surface area contributed by atoms with Crippen LogP contribution in [0.3, 0.4) is 0 Å². The molecule has 5 aliphatic rings. The van der Waals surface area contributed by atoms with Crippen LogP contribution >= 0.6 is 0 Å². The van der Waals surface area contributed by atoms with Gasteiger partial charge in [0.05, 0.1) is 42.3 Å². The Morgan fingerprint density at radius 2 is 1.47 bits per heavy atom. The molecule has 9 N–H and O–H groups in total. The molecule has 0 spiro atoms. The smallest absolute Gasteiger partial charge is 0.354 e. The first-order chi connectivity index (χ1) is 37.3. The third kappa shape index (κ3) is 10.5. The summed E-state index contributed by atoms with van der Waals surface area (Å²) in [6.45, 7) is 7.50.